The van der Waals surface area contributed by atoms with Gasteiger partial charge in [-0.3, -0.25) is 9.10 Å². The number of hydrogen-bond donors (Lipinski definition) is 1. The lowest BCUT2D eigenvalue weighted by Gasteiger charge is -2.25. The normalized spacial score (nSPS) is 21.9. The summed E-state index contributed by atoms with van der Waals surface area (Å²) in [6.45, 7) is 4.46. The van der Waals surface area contributed by atoms with Gasteiger partial charge in [0.15, 0.2) is 6.10 Å². The summed E-state index contributed by atoms with van der Waals surface area (Å²) in [5, 5.41) is 8.95. The zero-order valence-electron chi connectivity index (χ0n) is 16.7. The van der Waals surface area contributed by atoms with Crippen LogP contribution >= 0.6 is 12.1 Å². The summed E-state index contributed by atoms with van der Waals surface area (Å²) in [6.07, 6.45) is 2.02. The molecular formula is C21H19F3N4O2S. The Bertz CT molecular complexity index is 1060. The van der Waals surface area contributed by atoms with Gasteiger partial charge in [-0.1, -0.05) is 13.8 Å². The van der Waals surface area contributed by atoms with Gasteiger partial charge in [0.1, 0.15) is 5.75 Å². The standard InChI is InChI=1S/C21H19F3N4O2S/c1-20(2)12-27(11-13-5-6-28-15(7-13)10-26-31-28)19(29)18(20)30-16-4-3-14(9-25)17(8-16)21(22,23)24/h3-8,10,18,26H,11-12H2,1-2H3. The van der Waals surface area contributed by atoms with Gasteiger partial charge in [-0.05, 0) is 35.9 Å². The Morgan fingerprint density at radius 2 is 2.16 bits per heavy atom. The van der Waals surface area contributed by atoms with Gasteiger partial charge in [-0.15, -0.1) is 0 Å². The summed E-state index contributed by atoms with van der Waals surface area (Å²) in [7, 11) is 0. The predicted octanol–water partition coefficient (Wildman–Crippen LogP) is 3.96. The average Bonchev–Trinajstić information content (AvgIpc) is 3.25. The van der Waals surface area contributed by atoms with Crippen molar-refractivity contribution < 1.29 is 22.7 Å². The van der Waals surface area contributed by atoms with E-state index in [2.05, 4.69) is 4.72 Å². The molecule has 1 saturated heterocycles. The number of carbonyl (C=O) groups is 1. The van der Waals surface area contributed by atoms with Crippen LogP contribution in [0.5, 0.6) is 5.75 Å². The number of hydrogen-bond acceptors (Lipinski definition) is 6. The van der Waals surface area contributed by atoms with Crippen LogP contribution in [0.4, 0.5) is 13.2 Å². The van der Waals surface area contributed by atoms with Crippen molar-refractivity contribution in [1.82, 2.24) is 13.9 Å². The Morgan fingerprint density at radius 3 is 2.87 bits per heavy atom. The van der Waals surface area contributed by atoms with Gasteiger partial charge in [0.2, 0.25) is 0 Å². The molecule has 0 bridgehead atoms. The molecule has 3 aliphatic heterocycles. The first-order chi connectivity index (χ1) is 14.6. The molecule has 1 unspecified atom stereocenters. The molecule has 0 saturated carbocycles. The van der Waals surface area contributed by atoms with Crippen LogP contribution in [0.2, 0.25) is 0 Å². The SMILES string of the molecule is CC1(C)CN(CC2=CC3=CNSN3C=C2)C(=O)C1Oc1ccc(C#N)c(C(F)(F)F)c1. The molecule has 0 radical (unpaired) electrons. The molecule has 10 heteroatoms. The third kappa shape index (κ3) is 4.10. The lowest BCUT2D eigenvalue weighted by molar-refractivity contribution is -0.138. The van der Waals surface area contributed by atoms with Crippen LogP contribution in [0.1, 0.15) is 25.0 Å². The van der Waals surface area contributed by atoms with Crippen LogP contribution in [-0.4, -0.2) is 34.3 Å². The first-order valence-electron chi connectivity index (χ1n) is 9.46. The van der Waals surface area contributed by atoms with Crippen molar-refractivity contribution in [1.29, 1.82) is 5.26 Å². The van der Waals surface area contributed by atoms with Crippen molar-refractivity contribution in [3.63, 3.8) is 0 Å². The van der Waals surface area contributed by atoms with E-state index in [0.717, 1.165) is 23.4 Å². The zero-order valence-corrected chi connectivity index (χ0v) is 17.5. The summed E-state index contributed by atoms with van der Waals surface area (Å²) in [5.41, 5.74) is -0.269. The lowest BCUT2D eigenvalue weighted by atomic mass is 9.89. The maximum absolute atomic E-state index is 13.3. The molecule has 1 atom stereocenters. The van der Waals surface area contributed by atoms with E-state index in [4.69, 9.17) is 10.00 Å². The number of ether oxygens (including phenoxy) is 1. The highest BCUT2D eigenvalue weighted by Gasteiger charge is 2.48. The van der Waals surface area contributed by atoms with Gasteiger partial charge in [0.05, 0.1) is 35.0 Å². The number of amides is 1. The van der Waals surface area contributed by atoms with Crippen molar-refractivity contribution in [3.8, 4) is 11.8 Å². The smallest absolute Gasteiger partial charge is 0.417 e. The van der Waals surface area contributed by atoms with Gasteiger partial charge < -0.3 is 14.4 Å². The topological polar surface area (TPSA) is 68.6 Å². The van der Waals surface area contributed by atoms with Gasteiger partial charge in [-0.25, -0.2) is 0 Å². The molecule has 1 aromatic rings. The highest BCUT2D eigenvalue weighted by molar-refractivity contribution is 7.95. The van der Waals surface area contributed by atoms with Crippen molar-refractivity contribution in [2.45, 2.75) is 26.1 Å². The minimum absolute atomic E-state index is 0.0915. The molecule has 0 spiro atoms. The van der Waals surface area contributed by atoms with E-state index >= 15 is 0 Å². The monoisotopic (exact) mass is 448 g/mol. The second-order valence-electron chi connectivity index (χ2n) is 8.14. The number of alkyl halides is 3. The van der Waals surface area contributed by atoms with Crippen LogP contribution in [-0.2, 0) is 11.0 Å². The highest BCUT2D eigenvalue weighted by atomic mass is 32.2. The second kappa shape index (κ2) is 7.57. The molecule has 31 heavy (non-hydrogen) atoms. The van der Waals surface area contributed by atoms with Gasteiger partial charge in [0, 0.05) is 30.9 Å². The molecule has 1 aromatic carbocycles. The third-order valence-corrected chi connectivity index (χ3v) is 6.01. The number of nitrogens with zero attached hydrogens (tertiary/aromatic N) is 3. The molecule has 6 nitrogen and oxygen atoms in total. The van der Waals surface area contributed by atoms with E-state index in [9.17, 15) is 18.0 Å². The number of rotatable bonds is 4. The van der Waals surface area contributed by atoms with Crippen LogP contribution < -0.4 is 9.46 Å². The molecular weight excluding hydrogens is 429 g/mol. The summed E-state index contributed by atoms with van der Waals surface area (Å²) in [6, 6.07) is 4.67. The van der Waals surface area contributed by atoms with E-state index in [1.807, 2.05) is 42.7 Å². The Morgan fingerprint density at radius 1 is 1.39 bits per heavy atom. The first-order valence-corrected chi connectivity index (χ1v) is 10.2. The fraction of sp³-hybridized carbons (Fsp3) is 0.333. The Hall–Kier alpha value is -3.06. The molecule has 1 fully saturated rings. The minimum Gasteiger partial charge on any atom is -0.480 e. The number of fused-ring (bicyclic) bond motifs is 1. The fourth-order valence-corrected chi connectivity index (χ4v) is 4.38. The average molecular weight is 448 g/mol. The molecule has 0 aromatic heterocycles. The van der Waals surface area contributed by atoms with Crippen molar-refractivity contribution >= 4 is 18.0 Å². The fourth-order valence-electron chi connectivity index (χ4n) is 3.76. The molecule has 1 amide bonds. The number of likely N-dealkylation sites (tertiary alicyclic amines) is 1. The van der Waals surface area contributed by atoms with Crippen LogP contribution in [0.15, 0.2) is 54.0 Å². The molecule has 3 heterocycles. The van der Waals surface area contributed by atoms with E-state index in [0.29, 0.717) is 13.1 Å². The highest BCUT2D eigenvalue weighted by Crippen LogP contribution is 2.38. The Labute approximate surface area is 181 Å². The zero-order chi connectivity index (χ0) is 22.4. The molecule has 162 valence electrons. The van der Waals surface area contributed by atoms with Crippen molar-refractivity contribution in [2.75, 3.05) is 13.1 Å². The number of halogens is 3. The number of carbonyl (C=O) groups excluding carboxylic acids is 1. The van der Waals surface area contributed by atoms with Crippen molar-refractivity contribution in [3.05, 3.63) is 65.1 Å². The van der Waals surface area contributed by atoms with E-state index in [1.165, 1.54) is 24.3 Å². The quantitative estimate of drug-likeness (QED) is 0.704. The Balaban J connectivity index is 1.53. The van der Waals surface area contributed by atoms with E-state index in [1.54, 1.807) is 4.90 Å². The molecule has 0 aliphatic carbocycles. The molecule has 4 rings (SSSR count). The van der Waals surface area contributed by atoms with Crippen molar-refractivity contribution in [2.24, 2.45) is 5.41 Å². The largest absolute Gasteiger partial charge is 0.480 e. The van der Waals surface area contributed by atoms with Crippen LogP contribution in [0.3, 0.4) is 0 Å². The third-order valence-electron chi connectivity index (χ3n) is 5.26. The second-order valence-corrected chi connectivity index (χ2v) is 8.95. The molecule has 1 N–H and O–H groups in total. The first kappa shape index (κ1) is 21.2. The van der Waals surface area contributed by atoms with Crippen LogP contribution in [0, 0.1) is 16.7 Å². The van der Waals surface area contributed by atoms with Gasteiger partial charge in [-0.2, -0.15) is 18.4 Å². The van der Waals surface area contributed by atoms with Gasteiger partial charge in [0.25, 0.3) is 5.91 Å². The Kier molecular flexibility index (Phi) is 5.17. The number of benzene rings is 1. The van der Waals surface area contributed by atoms with E-state index in [-0.39, 0.29) is 11.7 Å². The lowest BCUT2D eigenvalue weighted by Crippen LogP contribution is -2.37. The van der Waals surface area contributed by atoms with E-state index < -0.39 is 28.8 Å². The minimum atomic E-state index is -4.69. The molecule has 3 aliphatic rings. The maximum atomic E-state index is 13.3. The number of nitrogens with one attached hydrogen (secondary N) is 1. The van der Waals surface area contributed by atoms with Gasteiger partial charge >= 0.3 is 6.18 Å². The maximum Gasteiger partial charge on any atom is 0.417 e. The summed E-state index contributed by atoms with van der Waals surface area (Å²) in [5.74, 6) is -0.376. The number of nitriles is 1. The number of allylic oxidation sites excluding steroid dienone is 1. The predicted molar refractivity (Wildman–Crippen MR) is 109 cm³/mol. The summed E-state index contributed by atoms with van der Waals surface area (Å²) >= 11 is 1.44. The van der Waals surface area contributed by atoms with Crippen LogP contribution in [0.25, 0.3) is 0 Å². The summed E-state index contributed by atoms with van der Waals surface area (Å²) < 4.78 is 50.5. The summed E-state index contributed by atoms with van der Waals surface area (Å²) in [4.78, 5) is 14.7.